The Morgan fingerprint density at radius 3 is 2.43 bits per heavy atom. The molecule has 1 rings (SSSR count). The van der Waals surface area contributed by atoms with E-state index in [4.69, 9.17) is 0 Å². The van der Waals surface area contributed by atoms with Gasteiger partial charge in [0.15, 0.2) is 0 Å². The molecule has 21 heavy (non-hydrogen) atoms. The maximum Gasteiger partial charge on any atom is 0.416 e. The lowest BCUT2D eigenvalue weighted by Crippen LogP contribution is -2.23. The summed E-state index contributed by atoms with van der Waals surface area (Å²) >= 11 is 0. The van der Waals surface area contributed by atoms with Crippen LogP contribution in [0.4, 0.5) is 13.2 Å². The third-order valence-electron chi connectivity index (χ3n) is 2.65. The number of phenols is 1. The molecule has 0 spiro atoms. The topological polar surface area (TPSA) is 87.0 Å². The van der Waals surface area contributed by atoms with Crippen molar-refractivity contribution >= 4 is 5.97 Å². The molecule has 0 radical (unpaired) electrons. The SMILES string of the molecule is CCOC(=O)CC(O)C(O)c1cc(O)cc(C(F)(F)F)c1. The van der Waals surface area contributed by atoms with Crippen LogP contribution in [0, 0.1) is 0 Å². The van der Waals surface area contributed by atoms with Crippen LogP contribution in [-0.4, -0.2) is 34.0 Å². The molecule has 2 atom stereocenters. The van der Waals surface area contributed by atoms with Crippen LogP contribution in [0.3, 0.4) is 0 Å². The van der Waals surface area contributed by atoms with Crippen LogP contribution in [0.25, 0.3) is 0 Å². The first kappa shape index (κ1) is 17.3. The van der Waals surface area contributed by atoms with Crippen LogP contribution < -0.4 is 0 Å². The average molecular weight is 308 g/mol. The molecule has 118 valence electrons. The van der Waals surface area contributed by atoms with Crippen molar-refractivity contribution in [2.75, 3.05) is 6.61 Å². The first-order chi connectivity index (χ1) is 9.65. The van der Waals surface area contributed by atoms with E-state index in [9.17, 15) is 33.3 Å². The van der Waals surface area contributed by atoms with E-state index < -0.39 is 42.1 Å². The van der Waals surface area contributed by atoms with E-state index in [0.29, 0.717) is 12.1 Å². The fourth-order valence-electron chi connectivity index (χ4n) is 1.69. The number of aliphatic hydroxyl groups is 2. The first-order valence-electron chi connectivity index (χ1n) is 6.08. The predicted molar refractivity (Wildman–Crippen MR) is 65.3 cm³/mol. The minimum atomic E-state index is -4.71. The van der Waals surface area contributed by atoms with Gasteiger partial charge in [0.05, 0.1) is 24.7 Å². The quantitative estimate of drug-likeness (QED) is 0.722. The van der Waals surface area contributed by atoms with E-state index in [1.54, 1.807) is 6.92 Å². The Morgan fingerprint density at radius 2 is 1.90 bits per heavy atom. The van der Waals surface area contributed by atoms with E-state index in [-0.39, 0.29) is 12.2 Å². The molecule has 0 fully saturated rings. The summed E-state index contributed by atoms with van der Waals surface area (Å²) in [4.78, 5) is 11.2. The number of benzene rings is 1. The van der Waals surface area contributed by atoms with Gasteiger partial charge in [0, 0.05) is 0 Å². The molecular weight excluding hydrogens is 293 g/mol. The molecule has 8 heteroatoms. The second kappa shape index (κ2) is 6.77. The van der Waals surface area contributed by atoms with Crippen LogP contribution in [0.5, 0.6) is 5.75 Å². The van der Waals surface area contributed by atoms with Gasteiger partial charge in [-0.2, -0.15) is 13.2 Å². The van der Waals surface area contributed by atoms with Crippen LogP contribution >= 0.6 is 0 Å². The van der Waals surface area contributed by atoms with Crippen LogP contribution in [0.2, 0.25) is 0 Å². The molecule has 0 aliphatic heterocycles. The summed E-state index contributed by atoms with van der Waals surface area (Å²) in [5.74, 6) is -1.50. The lowest BCUT2D eigenvalue weighted by atomic mass is 9.99. The third-order valence-corrected chi connectivity index (χ3v) is 2.65. The first-order valence-corrected chi connectivity index (χ1v) is 6.08. The zero-order chi connectivity index (χ0) is 16.2. The summed E-state index contributed by atoms with van der Waals surface area (Å²) in [5, 5.41) is 28.7. The van der Waals surface area contributed by atoms with Crippen molar-refractivity contribution < 1.29 is 38.0 Å². The second-order valence-corrected chi connectivity index (χ2v) is 4.33. The molecule has 1 aromatic carbocycles. The Hall–Kier alpha value is -1.80. The monoisotopic (exact) mass is 308 g/mol. The smallest absolute Gasteiger partial charge is 0.416 e. The molecule has 0 heterocycles. The largest absolute Gasteiger partial charge is 0.508 e. The number of hydrogen-bond donors (Lipinski definition) is 3. The summed E-state index contributed by atoms with van der Waals surface area (Å²) in [6.45, 7) is 1.62. The Balaban J connectivity index is 2.94. The Kier molecular flexibility index (Phi) is 5.56. The number of esters is 1. The number of hydrogen-bond acceptors (Lipinski definition) is 5. The second-order valence-electron chi connectivity index (χ2n) is 4.33. The van der Waals surface area contributed by atoms with E-state index in [2.05, 4.69) is 4.74 Å². The third kappa shape index (κ3) is 4.91. The van der Waals surface area contributed by atoms with Crippen molar-refractivity contribution in [1.82, 2.24) is 0 Å². The van der Waals surface area contributed by atoms with Gasteiger partial charge in [0.2, 0.25) is 0 Å². The number of aliphatic hydroxyl groups excluding tert-OH is 2. The van der Waals surface area contributed by atoms with Gasteiger partial charge in [-0.15, -0.1) is 0 Å². The molecule has 0 saturated carbocycles. The number of carbonyl (C=O) groups is 1. The highest BCUT2D eigenvalue weighted by atomic mass is 19.4. The highest BCUT2D eigenvalue weighted by molar-refractivity contribution is 5.70. The Morgan fingerprint density at radius 1 is 1.29 bits per heavy atom. The summed E-state index contributed by atoms with van der Waals surface area (Å²) in [6, 6.07) is 1.97. The fraction of sp³-hybridized carbons (Fsp3) is 0.462. The molecule has 0 amide bonds. The predicted octanol–water partition coefficient (Wildman–Crippen LogP) is 1.76. The summed E-state index contributed by atoms with van der Waals surface area (Å²) < 4.78 is 42.3. The molecule has 5 nitrogen and oxygen atoms in total. The minimum Gasteiger partial charge on any atom is -0.508 e. The average Bonchev–Trinajstić information content (AvgIpc) is 2.36. The van der Waals surface area contributed by atoms with Crippen molar-refractivity contribution in [3.63, 3.8) is 0 Å². The number of alkyl halides is 3. The van der Waals surface area contributed by atoms with Crippen molar-refractivity contribution in [1.29, 1.82) is 0 Å². The van der Waals surface area contributed by atoms with Gasteiger partial charge in [-0.25, -0.2) is 0 Å². The summed E-state index contributed by atoms with van der Waals surface area (Å²) in [6.07, 6.45) is -8.69. The number of ether oxygens (including phenoxy) is 1. The summed E-state index contributed by atoms with van der Waals surface area (Å²) in [5.41, 5.74) is -1.51. The number of rotatable bonds is 5. The Bertz CT molecular complexity index is 501. The molecule has 0 aliphatic rings. The van der Waals surface area contributed by atoms with Crippen LogP contribution in [0.15, 0.2) is 18.2 Å². The zero-order valence-corrected chi connectivity index (χ0v) is 11.1. The van der Waals surface area contributed by atoms with Crippen molar-refractivity contribution in [3.8, 4) is 5.75 Å². The standard InChI is InChI=1S/C13H15F3O5/c1-2-21-11(19)6-10(18)12(20)7-3-8(13(14,15)16)5-9(17)4-7/h3-5,10,12,17-18,20H,2,6H2,1H3. The molecule has 0 saturated heterocycles. The minimum absolute atomic E-state index is 0.0754. The lowest BCUT2D eigenvalue weighted by molar-refractivity contribution is -0.147. The van der Waals surface area contributed by atoms with Crippen LogP contribution in [0.1, 0.15) is 30.6 Å². The summed E-state index contributed by atoms with van der Waals surface area (Å²) in [7, 11) is 0. The van der Waals surface area contributed by atoms with E-state index in [1.807, 2.05) is 0 Å². The van der Waals surface area contributed by atoms with Gasteiger partial charge in [0.25, 0.3) is 0 Å². The van der Waals surface area contributed by atoms with Crippen molar-refractivity contribution in [3.05, 3.63) is 29.3 Å². The molecule has 1 aromatic rings. The molecule has 0 aromatic heterocycles. The molecule has 0 aliphatic carbocycles. The number of halogens is 3. The van der Waals surface area contributed by atoms with Crippen molar-refractivity contribution in [2.45, 2.75) is 31.7 Å². The normalized spacial score (nSPS) is 14.6. The van der Waals surface area contributed by atoms with Gasteiger partial charge in [-0.3, -0.25) is 4.79 Å². The highest BCUT2D eigenvalue weighted by Crippen LogP contribution is 2.34. The van der Waals surface area contributed by atoms with Gasteiger partial charge >= 0.3 is 12.1 Å². The maximum atomic E-state index is 12.6. The van der Waals surface area contributed by atoms with E-state index >= 15 is 0 Å². The Labute approximate surface area is 118 Å². The van der Waals surface area contributed by atoms with Gasteiger partial charge in [0.1, 0.15) is 11.9 Å². The number of aromatic hydroxyl groups is 1. The van der Waals surface area contributed by atoms with Gasteiger partial charge in [-0.1, -0.05) is 0 Å². The maximum absolute atomic E-state index is 12.6. The number of carbonyl (C=O) groups excluding carboxylic acids is 1. The molecular formula is C13H15F3O5. The van der Waals surface area contributed by atoms with E-state index in [0.717, 1.165) is 6.07 Å². The van der Waals surface area contributed by atoms with E-state index in [1.165, 1.54) is 0 Å². The highest BCUT2D eigenvalue weighted by Gasteiger charge is 2.33. The van der Waals surface area contributed by atoms with Crippen LogP contribution in [-0.2, 0) is 15.7 Å². The zero-order valence-electron chi connectivity index (χ0n) is 11.1. The van der Waals surface area contributed by atoms with Gasteiger partial charge in [-0.05, 0) is 30.7 Å². The number of phenolic OH excluding ortho intramolecular Hbond substituents is 1. The lowest BCUT2D eigenvalue weighted by Gasteiger charge is -2.19. The fourth-order valence-corrected chi connectivity index (χ4v) is 1.69. The molecule has 3 N–H and O–H groups in total. The van der Waals surface area contributed by atoms with Gasteiger partial charge < -0.3 is 20.1 Å². The van der Waals surface area contributed by atoms with Crippen molar-refractivity contribution in [2.24, 2.45) is 0 Å². The molecule has 2 unspecified atom stereocenters. The molecule has 0 bridgehead atoms.